The number of imidazole rings is 1. The van der Waals surface area contributed by atoms with Crippen LogP contribution in [0.15, 0.2) is 12.4 Å². The number of nitrogen functional groups attached to an aromatic ring is 1. The normalized spacial score (nSPS) is 19.1. The predicted molar refractivity (Wildman–Crippen MR) is 128 cm³/mol. The molecule has 0 bridgehead atoms. The fraction of sp³-hybridized carbons (Fsp3) is 0.545. The molecule has 5 heterocycles. The lowest BCUT2D eigenvalue weighted by Gasteiger charge is -2.37. The number of nitrogens with two attached hydrogens (primary N) is 1. The Morgan fingerprint density at radius 1 is 1.16 bits per heavy atom. The molecule has 0 aromatic carbocycles. The van der Waals surface area contributed by atoms with Gasteiger partial charge < -0.3 is 20.3 Å². The topological polar surface area (TPSA) is 133 Å². The number of carbonyl (C=O) groups is 1. The summed E-state index contributed by atoms with van der Waals surface area (Å²) >= 11 is 0. The van der Waals surface area contributed by atoms with Crippen molar-refractivity contribution in [1.29, 1.82) is 0 Å². The molecule has 0 aliphatic carbocycles. The number of aromatic nitrogens is 6. The zero-order valence-corrected chi connectivity index (χ0v) is 20.5. The average Bonchev–Trinajstić information content (AvgIpc) is 3.21. The summed E-state index contributed by atoms with van der Waals surface area (Å²) < 4.78 is 48.2. The molecule has 2 aliphatic heterocycles. The molecule has 2 aliphatic rings. The average molecular weight is 522 g/mol. The van der Waals surface area contributed by atoms with E-state index >= 15 is 0 Å². The Morgan fingerprint density at radius 2 is 1.86 bits per heavy atom. The Balaban J connectivity index is 1.68. The van der Waals surface area contributed by atoms with E-state index in [1.807, 2.05) is 16.7 Å². The maximum atomic E-state index is 13.9. The summed E-state index contributed by atoms with van der Waals surface area (Å²) in [7, 11) is 0. The second-order valence-electron chi connectivity index (χ2n) is 9.16. The van der Waals surface area contributed by atoms with Crippen LogP contribution in [0.2, 0.25) is 0 Å². The molecule has 0 unspecified atom stereocenters. The van der Waals surface area contributed by atoms with Crippen molar-refractivity contribution >= 4 is 34.8 Å². The number of morpholine rings is 1. The summed E-state index contributed by atoms with van der Waals surface area (Å²) in [5.74, 6) is 0.913. The van der Waals surface area contributed by atoms with Crippen LogP contribution in [0.4, 0.5) is 30.9 Å². The number of rotatable bonds is 4. The smallest absolute Gasteiger partial charge is 0.378 e. The van der Waals surface area contributed by atoms with E-state index in [9.17, 15) is 18.0 Å². The maximum absolute atomic E-state index is 13.9. The summed E-state index contributed by atoms with van der Waals surface area (Å²) in [5, 5.41) is 0. The lowest BCUT2D eigenvalue weighted by molar-refractivity contribution is -0.685. The van der Waals surface area contributed by atoms with Gasteiger partial charge in [0.25, 0.3) is 5.65 Å². The largest absolute Gasteiger partial charge is 0.416 e. The molecular formula is C22H28F3N10O2+. The number of halogens is 3. The minimum atomic E-state index is -4.50. The predicted octanol–water partition coefficient (Wildman–Crippen LogP) is 0.741. The number of fused-ring (bicyclic) bond motifs is 1. The van der Waals surface area contributed by atoms with E-state index in [4.69, 9.17) is 15.5 Å². The first-order chi connectivity index (χ1) is 17.6. The van der Waals surface area contributed by atoms with Gasteiger partial charge in [-0.05, 0) is 6.92 Å². The number of nitrogens with one attached hydrogen (secondary N) is 1. The highest BCUT2D eigenvalue weighted by molar-refractivity contribution is 5.84. The van der Waals surface area contributed by atoms with Crippen molar-refractivity contribution in [2.75, 3.05) is 61.5 Å². The van der Waals surface area contributed by atoms with Crippen molar-refractivity contribution in [2.24, 2.45) is 0 Å². The van der Waals surface area contributed by atoms with Gasteiger partial charge in [0.15, 0.2) is 17.9 Å². The fourth-order valence-corrected chi connectivity index (χ4v) is 4.81. The van der Waals surface area contributed by atoms with Crippen LogP contribution in [-0.4, -0.2) is 93.9 Å². The van der Waals surface area contributed by atoms with Gasteiger partial charge in [0, 0.05) is 39.0 Å². The third-order valence-corrected chi connectivity index (χ3v) is 6.53. The van der Waals surface area contributed by atoms with Gasteiger partial charge in [-0.15, -0.1) is 4.98 Å². The number of alkyl halides is 3. The quantitative estimate of drug-likeness (QED) is 0.477. The number of aromatic amines is 1. The number of H-pyrrole nitrogens is 1. The van der Waals surface area contributed by atoms with E-state index in [1.54, 1.807) is 4.90 Å². The number of ether oxygens (including phenoxy) is 1. The van der Waals surface area contributed by atoms with Crippen LogP contribution < -0.4 is 20.1 Å². The Labute approximate surface area is 210 Å². The molecule has 3 N–H and O–H groups in total. The van der Waals surface area contributed by atoms with E-state index in [-0.39, 0.29) is 35.3 Å². The molecule has 12 nitrogen and oxygen atoms in total. The minimum absolute atomic E-state index is 0.0631. The Bertz CT molecular complexity index is 1290. The van der Waals surface area contributed by atoms with Gasteiger partial charge in [0.2, 0.25) is 17.7 Å². The SMILES string of the molecule is CC(=O)N1CCN(c2[nH]c3c(N4CCOCC4)nc(-c4cnc(N)nc4)nc3[n+]2CC(F)(F)F)C[C@H]1C. The summed E-state index contributed by atoms with van der Waals surface area (Å²) in [5.41, 5.74) is 6.54. The molecule has 2 saturated heterocycles. The summed E-state index contributed by atoms with van der Waals surface area (Å²) in [6, 6.07) is -0.177. The Kier molecular flexibility index (Phi) is 6.47. The monoisotopic (exact) mass is 521 g/mol. The number of piperazine rings is 1. The molecule has 5 rings (SSSR count). The first kappa shape index (κ1) is 24.9. The highest BCUT2D eigenvalue weighted by atomic mass is 19.4. The van der Waals surface area contributed by atoms with Crippen molar-refractivity contribution in [3.63, 3.8) is 0 Å². The number of hydrogen-bond donors (Lipinski definition) is 2. The third kappa shape index (κ3) is 5.08. The molecular weight excluding hydrogens is 493 g/mol. The molecule has 37 heavy (non-hydrogen) atoms. The molecule has 1 amide bonds. The molecule has 0 radical (unpaired) electrons. The number of carbonyl (C=O) groups excluding carboxylic acids is 1. The number of amides is 1. The molecule has 0 saturated carbocycles. The maximum Gasteiger partial charge on any atom is 0.416 e. The molecule has 15 heteroatoms. The van der Waals surface area contributed by atoms with Gasteiger partial charge in [0.05, 0.1) is 37.9 Å². The molecule has 198 valence electrons. The van der Waals surface area contributed by atoms with E-state index in [1.165, 1.54) is 19.3 Å². The summed E-state index contributed by atoms with van der Waals surface area (Å²) in [4.78, 5) is 37.9. The lowest BCUT2D eigenvalue weighted by Crippen LogP contribution is -2.57. The number of anilines is 3. The second-order valence-corrected chi connectivity index (χ2v) is 9.16. The Hall–Kier alpha value is -3.75. The van der Waals surface area contributed by atoms with Gasteiger partial charge in [-0.2, -0.15) is 18.2 Å². The third-order valence-electron chi connectivity index (χ3n) is 6.53. The standard InChI is InChI=1S/C22H27F3N10O2/c1-13-11-33(3-4-34(13)14(2)36)21-29-16-18(32-5-7-37-8-6-32)30-17(15-9-27-20(26)28-10-15)31-19(16)35(21)12-22(23,24)25/h9-10,13H,3-8,11-12H2,1-2H3,(H2,26,27,28,30,31)/p+1/t13-/m1/s1. The molecule has 3 aromatic heterocycles. The fourth-order valence-electron chi connectivity index (χ4n) is 4.81. The van der Waals surface area contributed by atoms with Crippen LogP contribution in [0, 0.1) is 0 Å². The van der Waals surface area contributed by atoms with E-state index < -0.39 is 12.7 Å². The minimum Gasteiger partial charge on any atom is -0.378 e. The molecule has 1 atom stereocenters. The van der Waals surface area contributed by atoms with Crippen LogP contribution in [0.5, 0.6) is 0 Å². The highest BCUT2D eigenvalue weighted by Gasteiger charge is 2.39. The van der Waals surface area contributed by atoms with E-state index in [0.717, 1.165) is 4.57 Å². The highest BCUT2D eigenvalue weighted by Crippen LogP contribution is 2.30. The lowest BCUT2D eigenvalue weighted by atomic mass is 10.2. The van der Waals surface area contributed by atoms with Crippen LogP contribution in [0.25, 0.3) is 22.6 Å². The van der Waals surface area contributed by atoms with Gasteiger partial charge in [-0.1, -0.05) is 0 Å². The molecule has 3 aromatic rings. The van der Waals surface area contributed by atoms with Gasteiger partial charge >= 0.3 is 12.1 Å². The van der Waals surface area contributed by atoms with Crippen molar-refractivity contribution in [1.82, 2.24) is 29.8 Å². The van der Waals surface area contributed by atoms with Gasteiger partial charge in [-0.25, -0.2) is 14.5 Å². The van der Waals surface area contributed by atoms with Crippen molar-refractivity contribution in [3.05, 3.63) is 12.4 Å². The summed E-state index contributed by atoms with van der Waals surface area (Å²) in [6.45, 7) is 5.22. The van der Waals surface area contributed by atoms with Crippen molar-refractivity contribution < 1.29 is 27.3 Å². The van der Waals surface area contributed by atoms with Gasteiger partial charge in [0.1, 0.15) is 0 Å². The zero-order valence-electron chi connectivity index (χ0n) is 20.5. The van der Waals surface area contributed by atoms with Crippen LogP contribution >= 0.6 is 0 Å². The van der Waals surface area contributed by atoms with Gasteiger partial charge in [-0.3, -0.25) is 14.7 Å². The van der Waals surface area contributed by atoms with Crippen molar-refractivity contribution in [2.45, 2.75) is 32.6 Å². The Morgan fingerprint density at radius 3 is 2.49 bits per heavy atom. The van der Waals surface area contributed by atoms with E-state index in [2.05, 4.69) is 19.9 Å². The molecule has 0 spiro atoms. The number of hydrogen-bond acceptors (Lipinski definition) is 9. The number of nitrogens with zero attached hydrogens (tertiary/aromatic N) is 8. The first-order valence-electron chi connectivity index (χ1n) is 11.9. The van der Waals surface area contributed by atoms with Crippen LogP contribution in [0.1, 0.15) is 13.8 Å². The van der Waals surface area contributed by atoms with Crippen LogP contribution in [0.3, 0.4) is 0 Å². The van der Waals surface area contributed by atoms with E-state index in [0.29, 0.717) is 62.8 Å². The van der Waals surface area contributed by atoms with Crippen LogP contribution in [-0.2, 0) is 16.1 Å². The zero-order chi connectivity index (χ0) is 26.3. The first-order valence-corrected chi connectivity index (χ1v) is 11.9. The van der Waals surface area contributed by atoms with Crippen molar-refractivity contribution in [3.8, 4) is 11.4 Å². The summed E-state index contributed by atoms with van der Waals surface area (Å²) in [6.07, 6.45) is -1.62. The second kappa shape index (κ2) is 9.61. The molecule has 2 fully saturated rings.